The van der Waals surface area contributed by atoms with Gasteiger partial charge in [-0.2, -0.15) is 0 Å². The molecule has 16 heavy (non-hydrogen) atoms. The van der Waals surface area contributed by atoms with Gasteiger partial charge in [-0.3, -0.25) is 4.90 Å². The molecule has 0 aliphatic heterocycles. The third kappa shape index (κ3) is 3.59. The van der Waals surface area contributed by atoms with E-state index in [1.165, 1.54) is 5.56 Å². The van der Waals surface area contributed by atoms with Crippen LogP contribution in [-0.2, 0) is 0 Å². The largest absolute Gasteiger partial charge is 0.395 e. The van der Waals surface area contributed by atoms with Crippen LogP contribution in [0.15, 0.2) is 30.3 Å². The van der Waals surface area contributed by atoms with Gasteiger partial charge < -0.3 is 10.8 Å². The molecule has 0 radical (unpaired) electrons. The summed E-state index contributed by atoms with van der Waals surface area (Å²) in [5.74, 6) is 0. The maximum atomic E-state index is 9.06. The molecule has 1 unspecified atom stereocenters. The van der Waals surface area contributed by atoms with Crippen molar-refractivity contribution < 1.29 is 5.11 Å². The maximum absolute atomic E-state index is 9.06. The first kappa shape index (κ1) is 13.2. The molecule has 0 bridgehead atoms. The molecule has 3 N–H and O–H groups in total. The third-order valence-corrected chi connectivity index (χ3v) is 2.86. The van der Waals surface area contributed by atoms with E-state index >= 15 is 0 Å². The smallest absolute Gasteiger partial charge is 0.0558 e. The number of aliphatic hydroxyl groups excluding tert-OH is 1. The fraction of sp³-hybridized carbons (Fsp3) is 0.538. The van der Waals surface area contributed by atoms with Crippen molar-refractivity contribution in [2.24, 2.45) is 5.73 Å². The van der Waals surface area contributed by atoms with Crippen LogP contribution in [0, 0.1) is 0 Å². The van der Waals surface area contributed by atoms with E-state index in [1.54, 1.807) is 0 Å². The second-order valence-electron chi connectivity index (χ2n) is 3.86. The average Bonchev–Trinajstić information content (AvgIpc) is 2.35. The van der Waals surface area contributed by atoms with E-state index in [2.05, 4.69) is 24.0 Å². The Morgan fingerprint density at radius 3 is 2.50 bits per heavy atom. The Bertz CT molecular complexity index is 277. The van der Waals surface area contributed by atoms with Gasteiger partial charge in [0.2, 0.25) is 0 Å². The highest BCUT2D eigenvalue weighted by molar-refractivity contribution is 5.19. The molecule has 3 nitrogen and oxygen atoms in total. The van der Waals surface area contributed by atoms with E-state index < -0.39 is 0 Å². The Hall–Kier alpha value is -0.900. The Morgan fingerprint density at radius 2 is 2.00 bits per heavy atom. The van der Waals surface area contributed by atoms with E-state index in [0.29, 0.717) is 19.1 Å². The van der Waals surface area contributed by atoms with Gasteiger partial charge in [-0.25, -0.2) is 0 Å². The molecule has 0 saturated carbocycles. The second-order valence-corrected chi connectivity index (χ2v) is 3.86. The van der Waals surface area contributed by atoms with Crippen LogP contribution < -0.4 is 5.73 Å². The molecule has 1 aromatic rings. The van der Waals surface area contributed by atoms with Crippen LogP contribution in [0.25, 0.3) is 0 Å². The molecule has 0 aliphatic rings. The highest BCUT2D eigenvalue weighted by Gasteiger charge is 2.17. The maximum Gasteiger partial charge on any atom is 0.0558 e. The quantitative estimate of drug-likeness (QED) is 0.733. The van der Waals surface area contributed by atoms with Crippen LogP contribution >= 0.6 is 0 Å². The first-order valence-electron chi connectivity index (χ1n) is 5.93. The van der Waals surface area contributed by atoms with Crippen molar-refractivity contribution in [3.8, 4) is 0 Å². The molecule has 0 amide bonds. The zero-order chi connectivity index (χ0) is 11.8. The summed E-state index contributed by atoms with van der Waals surface area (Å²) >= 11 is 0. The summed E-state index contributed by atoms with van der Waals surface area (Å²) < 4.78 is 0. The Morgan fingerprint density at radius 1 is 1.31 bits per heavy atom. The Kier molecular flexibility index (Phi) is 6.08. The minimum atomic E-state index is 0.196. The van der Waals surface area contributed by atoms with Crippen molar-refractivity contribution in [3.05, 3.63) is 35.9 Å². The molecule has 0 fully saturated rings. The lowest BCUT2D eigenvalue weighted by Crippen LogP contribution is -2.32. The lowest BCUT2D eigenvalue weighted by molar-refractivity contribution is 0.152. The van der Waals surface area contributed by atoms with Gasteiger partial charge in [0.15, 0.2) is 0 Å². The first-order valence-corrected chi connectivity index (χ1v) is 5.93. The van der Waals surface area contributed by atoms with E-state index in [1.807, 2.05) is 18.2 Å². The molecule has 1 atom stereocenters. The number of nitrogens with two attached hydrogens (primary N) is 1. The predicted molar refractivity (Wildman–Crippen MR) is 67.2 cm³/mol. The van der Waals surface area contributed by atoms with E-state index in [9.17, 15) is 0 Å². The molecule has 0 heterocycles. The fourth-order valence-corrected chi connectivity index (χ4v) is 2.06. The molecule has 3 heteroatoms. The SMILES string of the molecule is CCN(CCO)C(CCN)c1ccccc1. The zero-order valence-corrected chi connectivity index (χ0v) is 9.97. The summed E-state index contributed by atoms with van der Waals surface area (Å²) in [5, 5.41) is 9.06. The van der Waals surface area contributed by atoms with Gasteiger partial charge in [0.05, 0.1) is 6.61 Å². The number of nitrogens with zero attached hydrogens (tertiary/aromatic N) is 1. The van der Waals surface area contributed by atoms with Crippen molar-refractivity contribution in [1.82, 2.24) is 4.90 Å². The Balaban J connectivity index is 2.80. The standard InChI is InChI=1S/C13H22N2O/c1-2-15(10-11-16)13(8-9-14)12-6-4-3-5-7-12/h3-7,13,16H,2,8-11,14H2,1H3. The van der Waals surface area contributed by atoms with Crippen LogP contribution in [0.5, 0.6) is 0 Å². The van der Waals surface area contributed by atoms with Crippen LogP contribution in [-0.4, -0.2) is 36.2 Å². The lowest BCUT2D eigenvalue weighted by Gasteiger charge is -2.30. The number of hydrogen-bond acceptors (Lipinski definition) is 3. The Labute approximate surface area is 97.9 Å². The third-order valence-electron chi connectivity index (χ3n) is 2.86. The minimum absolute atomic E-state index is 0.196. The second kappa shape index (κ2) is 7.39. The molecular formula is C13H22N2O. The molecule has 1 rings (SSSR count). The summed E-state index contributed by atoms with van der Waals surface area (Å²) in [5.41, 5.74) is 6.95. The zero-order valence-electron chi connectivity index (χ0n) is 9.97. The monoisotopic (exact) mass is 222 g/mol. The van der Waals surface area contributed by atoms with Crippen LogP contribution in [0.2, 0.25) is 0 Å². The van der Waals surface area contributed by atoms with Crippen LogP contribution in [0.3, 0.4) is 0 Å². The van der Waals surface area contributed by atoms with Crippen LogP contribution in [0.1, 0.15) is 24.9 Å². The van der Waals surface area contributed by atoms with Gasteiger partial charge in [-0.1, -0.05) is 37.3 Å². The van der Waals surface area contributed by atoms with Crippen LogP contribution in [0.4, 0.5) is 0 Å². The molecule has 1 aromatic carbocycles. The summed E-state index contributed by atoms with van der Waals surface area (Å²) in [4.78, 5) is 2.27. The number of likely N-dealkylation sites (N-methyl/N-ethyl adjacent to an activating group) is 1. The molecule has 0 spiro atoms. The number of benzene rings is 1. The highest BCUT2D eigenvalue weighted by Crippen LogP contribution is 2.22. The molecular weight excluding hydrogens is 200 g/mol. The van der Waals surface area contributed by atoms with Gasteiger partial charge in [-0.15, -0.1) is 0 Å². The number of hydrogen-bond donors (Lipinski definition) is 2. The lowest BCUT2D eigenvalue weighted by atomic mass is 10.0. The molecule has 0 saturated heterocycles. The molecule has 90 valence electrons. The minimum Gasteiger partial charge on any atom is -0.395 e. The van der Waals surface area contributed by atoms with E-state index in [0.717, 1.165) is 13.0 Å². The summed E-state index contributed by atoms with van der Waals surface area (Å²) in [6.45, 7) is 4.61. The highest BCUT2D eigenvalue weighted by atomic mass is 16.3. The number of aliphatic hydroxyl groups is 1. The van der Waals surface area contributed by atoms with Crippen molar-refractivity contribution in [2.45, 2.75) is 19.4 Å². The van der Waals surface area contributed by atoms with Crippen molar-refractivity contribution in [3.63, 3.8) is 0 Å². The molecule has 0 aliphatic carbocycles. The van der Waals surface area contributed by atoms with Gasteiger partial charge >= 0.3 is 0 Å². The average molecular weight is 222 g/mol. The summed E-state index contributed by atoms with van der Waals surface area (Å²) in [6, 6.07) is 10.7. The predicted octanol–water partition coefficient (Wildman–Crippen LogP) is 1.39. The summed E-state index contributed by atoms with van der Waals surface area (Å²) in [7, 11) is 0. The van der Waals surface area contributed by atoms with Crippen molar-refractivity contribution >= 4 is 0 Å². The number of rotatable bonds is 7. The van der Waals surface area contributed by atoms with E-state index in [-0.39, 0.29) is 6.61 Å². The van der Waals surface area contributed by atoms with Gasteiger partial charge in [0, 0.05) is 12.6 Å². The normalized spacial score (nSPS) is 13.0. The van der Waals surface area contributed by atoms with Crippen molar-refractivity contribution in [1.29, 1.82) is 0 Å². The van der Waals surface area contributed by atoms with E-state index in [4.69, 9.17) is 10.8 Å². The van der Waals surface area contributed by atoms with Gasteiger partial charge in [-0.05, 0) is 25.1 Å². The summed E-state index contributed by atoms with van der Waals surface area (Å²) in [6.07, 6.45) is 0.928. The van der Waals surface area contributed by atoms with Gasteiger partial charge in [0.1, 0.15) is 0 Å². The molecule has 0 aromatic heterocycles. The topological polar surface area (TPSA) is 49.5 Å². The van der Waals surface area contributed by atoms with Crippen molar-refractivity contribution in [2.75, 3.05) is 26.2 Å². The first-order chi connectivity index (χ1) is 7.83. The fourth-order valence-electron chi connectivity index (χ4n) is 2.06. The van der Waals surface area contributed by atoms with Gasteiger partial charge in [0.25, 0.3) is 0 Å².